The van der Waals surface area contributed by atoms with E-state index < -0.39 is 33.3 Å². The predicted molar refractivity (Wildman–Crippen MR) is 63.0 cm³/mol. The van der Waals surface area contributed by atoms with Crippen molar-refractivity contribution >= 4 is 16.0 Å². The average molecular weight is 275 g/mol. The number of nitrogens with zero attached hydrogens (tertiary/aromatic N) is 1. The lowest BCUT2D eigenvalue weighted by Crippen LogP contribution is -2.33. The number of likely N-dealkylation sites (N-methyl/N-ethyl adjacent to an activating group) is 1. The van der Waals surface area contributed by atoms with Gasteiger partial charge in [0, 0.05) is 7.05 Å². The quantitative estimate of drug-likeness (QED) is 0.767. The van der Waals surface area contributed by atoms with Crippen molar-refractivity contribution in [2.45, 2.75) is 11.8 Å². The molecule has 1 aromatic rings. The van der Waals surface area contributed by atoms with E-state index >= 15 is 0 Å². The first-order valence-corrected chi connectivity index (χ1v) is 6.52. The second-order valence-electron chi connectivity index (χ2n) is 3.77. The summed E-state index contributed by atoms with van der Waals surface area (Å²) in [7, 11) is -1.70. The van der Waals surface area contributed by atoms with Crippen molar-refractivity contribution in [2.75, 3.05) is 20.7 Å². The first-order chi connectivity index (χ1) is 8.28. The van der Waals surface area contributed by atoms with Crippen molar-refractivity contribution in [3.05, 3.63) is 29.6 Å². The van der Waals surface area contributed by atoms with Crippen molar-refractivity contribution in [1.29, 1.82) is 0 Å². The van der Waals surface area contributed by atoms with Crippen molar-refractivity contribution in [1.82, 2.24) is 4.31 Å². The zero-order valence-electron chi connectivity index (χ0n) is 10.3. The summed E-state index contributed by atoms with van der Waals surface area (Å²) < 4.78 is 42.7. The van der Waals surface area contributed by atoms with Gasteiger partial charge in [0.25, 0.3) is 0 Å². The highest BCUT2D eigenvalue weighted by molar-refractivity contribution is 7.89. The van der Waals surface area contributed by atoms with Gasteiger partial charge in [-0.2, -0.15) is 4.31 Å². The number of hydrogen-bond acceptors (Lipinski definition) is 4. The van der Waals surface area contributed by atoms with Crippen LogP contribution in [0.1, 0.15) is 5.56 Å². The van der Waals surface area contributed by atoms with Crippen LogP contribution in [0.2, 0.25) is 0 Å². The molecule has 0 amide bonds. The molecule has 0 aliphatic carbocycles. The first-order valence-electron chi connectivity index (χ1n) is 5.08. The molecule has 7 heteroatoms. The molecule has 1 rings (SSSR count). The van der Waals surface area contributed by atoms with Gasteiger partial charge < -0.3 is 4.74 Å². The number of halogens is 1. The zero-order chi connectivity index (χ0) is 13.9. The summed E-state index contributed by atoms with van der Waals surface area (Å²) in [6.07, 6.45) is 0. The summed E-state index contributed by atoms with van der Waals surface area (Å²) in [5.74, 6) is -1.56. The van der Waals surface area contributed by atoms with Gasteiger partial charge >= 0.3 is 5.97 Å². The molecule has 5 nitrogen and oxygen atoms in total. The number of carbonyl (C=O) groups is 1. The Kier molecular flexibility index (Phi) is 4.42. The molecule has 100 valence electrons. The molecule has 0 atom stereocenters. The number of hydrogen-bond donors (Lipinski definition) is 0. The van der Waals surface area contributed by atoms with Gasteiger partial charge in [0.15, 0.2) is 0 Å². The monoisotopic (exact) mass is 275 g/mol. The van der Waals surface area contributed by atoms with Crippen molar-refractivity contribution in [2.24, 2.45) is 0 Å². The third-order valence-electron chi connectivity index (χ3n) is 2.35. The van der Waals surface area contributed by atoms with E-state index in [2.05, 4.69) is 4.74 Å². The molecule has 18 heavy (non-hydrogen) atoms. The minimum Gasteiger partial charge on any atom is -0.468 e. The Balaban J connectivity index is 3.13. The molecule has 0 fully saturated rings. The predicted octanol–water partition coefficient (Wildman–Crippen LogP) is 0.928. The van der Waals surface area contributed by atoms with Crippen LogP contribution < -0.4 is 0 Å². The highest BCUT2D eigenvalue weighted by atomic mass is 32.2. The van der Waals surface area contributed by atoms with Crippen LogP contribution in [0.25, 0.3) is 0 Å². The molecule has 0 N–H and O–H groups in total. The number of aryl methyl sites for hydroxylation is 1. The average Bonchev–Trinajstić information content (AvgIpc) is 2.31. The van der Waals surface area contributed by atoms with E-state index in [0.29, 0.717) is 5.56 Å². The Hall–Kier alpha value is -1.47. The molecule has 0 spiro atoms. The van der Waals surface area contributed by atoms with E-state index in [0.717, 1.165) is 17.5 Å². The third-order valence-corrected chi connectivity index (χ3v) is 4.17. The number of sulfonamides is 1. The minimum absolute atomic E-state index is 0.450. The van der Waals surface area contributed by atoms with Crippen molar-refractivity contribution < 1.29 is 22.3 Å². The smallest absolute Gasteiger partial charge is 0.321 e. The Morgan fingerprint density at radius 3 is 2.61 bits per heavy atom. The molecule has 0 unspecified atom stereocenters. The van der Waals surface area contributed by atoms with Crippen molar-refractivity contribution in [3.63, 3.8) is 0 Å². The second-order valence-corrected chi connectivity index (χ2v) is 5.78. The summed E-state index contributed by atoms with van der Waals surface area (Å²) in [5.41, 5.74) is 0.612. The largest absolute Gasteiger partial charge is 0.468 e. The number of methoxy groups -OCH3 is 1. The van der Waals surface area contributed by atoms with E-state index in [1.165, 1.54) is 19.2 Å². The summed E-state index contributed by atoms with van der Waals surface area (Å²) in [6.45, 7) is 1.19. The van der Waals surface area contributed by atoms with Crippen LogP contribution in [0.15, 0.2) is 23.1 Å². The van der Waals surface area contributed by atoms with Crippen LogP contribution in [-0.2, 0) is 19.6 Å². The lowest BCUT2D eigenvalue weighted by atomic mass is 10.2. The van der Waals surface area contributed by atoms with Gasteiger partial charge in [-0.05, 0) is 24.6 Å². The molecule has 0 radical (unpaired) electrons. The van der Waals surface area contributed by atoms with E-state index in [1.54, 1.807) is 6.92 Å². The lowest BCUT2D eigenvalue weighted by Gasteiger charge is -2.16. The second kappa shape index (κ2) is 5.45. The van der Waals surface area contributed by atoms with E-state index in [9.17, 15) is 17.6 Å². The fourth-order valence-corrected chi connectivity index (χ4v) is 2.57. The third kappa shape index (κ3) is 3.05. The SMILES string of the molecule is COC(=O)CN(C)S(=O)(=O)c1cc(C)ccc1F. The van der Waals surface area contributed by atoms with Gasteiger partial charge in [0.05, 0.1) is 7.11 Å². The normalized spacial score (nSPS) is 11.6. The molecular formula is C11H14FNO4S. The van der Waals surface area contributed by atoms with E-state index in [-0.39, 0.29) is 0 Å². The Morgan fingerprint density at radius 2 is 2.06 bits per heavy atom. The number of benzene rings is 1. The molecule has 1 aromatic carbocycles. The summed E-state index contributed by atoms with van der Waals surface area (Å²) in [5, 5.41) is 0. The van der Waals surface area contributed by atoms with Crippen LogP contribution >= 0.6 is 0 Å². The zero-order valence-corrected chi connectivity index (χ0v) is 11.1. The van der Waals surface area contributed by atoms with Crippen LogP contribution in [0.5, 0.6) is 0 Å². The summed E-state index contributed by atoms with van der Waals surface area (Å²) in [6, 6.07) is 3.77. The Bertz CT molecular complexity index is 556. The Labute approximate surface area is 105 Å². The minimum atomic E-state index is -4.04. The lowest BCUT2D eigenvalue weighted by molar-refractivity contribution is -0.140. The Morgan fingerprint density at radius 1 is 1.44 bits per heavy atom. The van der Waals surface area contributed by atoms with Crippen molar-refractivity contribution in [3.8, 4) is 0 Å². The first kappa shape index (κ1) is 14.6. The molecule has 0 saturated carbocycles. The van der Waals surface area contributed by atoms with Crippen LogP contribution in [0, 0.1) is 12.7 Å². The molecule has 0 saturated heterocycles. The van der Waals surface area contributed by atoms with Gasteiger partial charge in [0.2, 0.25) is 10.0 Å². The summed E-state index contributed by atoms with van der Waals surface area (Å²) >= 11 is 0. The van der Waals surface area contributed by atoms with Crippen LogP contribution in [-0.4, -0.2) is 39.4 Å². The maximum Gasteiger partial charge on any atom is 0.321 e. The van der Waals surface area contributed by atoms with Gasteiger partial charge in [0.1, 0.15) is 17.3 Å². The van der Waals surface area contributed by atoms with E-state index in [1.807, 2.05) is 0 Å². The van der Waals surface area contributed by atoms with E-state index in [4.69, 9.17) is 0 Å². The molecule has 0 aromatic heterocycles. The van der Waals surface area contributed by atoms with Gasteiger partial charge in [-0.1, -0.05) is 6.07 Å². The van der Waals surface area contributed by atoms with Crippen LogP contribution in [0.3, 0.4) is 0 Å². The highest BCUT2D eigenvalue weighted by Crippen LogP contribution is 2.19. The fourth-order valence-electron chi connectivity index (χ4n) is 1.31. The van der Waals surface area contributed by atoms with Crippen LogP contribution in [0.4, 0.5) is 4.39 Å². The van der Waals surface area contributed by atoms with Gasteiger partial charge in [-0.25, -0.2) is 12.8 Å². The highest BCUT2D eigenvalue weighted by Gasteiger charge is 2.26. The number of ether oxygens (including phenoxy) is 1. The topological polar surface area (TPSA) is 63.7 Å². The molecular weight excluding hydrogens is 261 g/mol. The number of esters is 1. The maximum atomic E-state index is 13.5. The molecule has 0 aliphatic heterocycles. The standard InChI is InChI=1S/C11H14FNO4S/c1-8-4-5-9(12)10(6-8)18(15,16)13(2)7-11(14)17-3/h4-6H,7H2,1-3H3. The summed E-state index contributed by atoms with van der Waals surface area (Å²) in [4.78, 5) is 10.6. The maximum absolute atomic E-state index is 13.5. The van der Waals surface area contributed by atoms with Gasteiger partial charge in [-0.15, -0.1) is 0 Å². The number of rotatable bonds is 4. The molecule has 0 bridgehead atoms. The van der Waals surface area contributed by atoms with Gasteiger partial charge in [-0.3, -0.25) is 4.79 Å². The fraction of sp³-hybridized carbons (Fsp3) is 0.364. The molecule has 0 heterocycles. The number of carbonyl (C=O) groups excluding carboxylic acids is 1. The molecule has 0 aliphatic rings.